The Balaban J connectivity index is 0.000000546. The van der Waals surface area contributed by atoms with Crippen LogP contribution in [0, 0.1) is 0 Å². The predicted molar refractivity (Wildman–Crippen MR) is 199 cm³/mol. The summed E-state index contributed by atoms with van der Waals surface area (Å²) in [6, 6.07) is 6.76. The van der Waals surface area contributed by atoms with Crippen LogP contribution in [0.25, 0.3) is 0 Å². The van der Waals surface area contributed by atoms with E-state index in [1.165, 1.54) is 6.20 Å². The zero-order valence-corrected chi connectivity index (χ0v) is 34.0. The van der Waals surface area contributed by atoms with Gasteiger partial charge in [0.1, 0.15) is 24.4 Å². The Morgan fingerprint density at radius 3 is 1.44 bits per heavy atom. The molecule has 0 fully saturated rings. The van der Waals surface area contributed by atoms with E-state index in [0.717, 1.165) is 11.8 Å². The molecular weight excluding hydrogens is 728 g/mol. The van der Waals surface area contributed by atoms with Gasteiger partial charge in [-0.15, -0.1) is 0 Å². The minimum Gasteiger partial charge on any atom is -0.475 e. The van der Waals surface area contributed by atoms with E-state index in [1.807, 2.05) is 13.8 Å². The summed E-state index contributed by atoms with van der Waals surface area (Å²) >= 11 is 0. The van der Waals surface area contributed by atoms with E-state index >= 15 is 0 Å². The molecule has 0 aromatic carbocycles. The third kappa shape index (κ3) is 25.5. The molecule has 17 heteroatoms. The molecule has 308 valence electrons. The highest BCUT2D eigenvalue weighted by molar-refractivity contribution is 7.86. The minimum atomic E-state index is -3.84. The topological polar surface area (TPSA) is 197 Å². The molecule has 1 N–H and O–H groups in total. The summed E-state index contributed by atoms with van der Waals surface area (Å²) in [7, 11) is -3.84. The molecule has 2 aromatic heterocycles. The monoisotopic (exact) mass is 788 g/mol. The first kappa shape index (κ1) is 48.6. The quantitative estimate of drug-likeness (QED) is 0.0921. The van der Waals surface area contributed by atoms with E-state index in [4.69, 9.17) is 42.1 Å². The van der Waals surface area contributed by atoms with Gasteiger partial charge in [0.05, 0.1) is 45.9 Å². The molecule has 0 aliphatic carbocycles. The largest absolute Gasteiger partial charge is 0.475 e. The maximum atomic E-state index is 12.3. The molecule has 0 saturated heterocycles. The Morgan fingerprint density at radius 1 is 0.648 bits per heavy atom. The normalized spacial score (nSPS) is 12.9. The van der Waals surface area contributed by atoms with Gasteiger partial charge in [-0.05, 0) is 66.5 Å². The molecule has 0 aliphatic heterocycles. The zero-order valence-electron chi connectivity index (χ0n) is 33.2. The van der Waals surface area contributed by atoms with Crippen molar-refractivity contribution in [3.63, 3.8) is 0 Å². The maximum absolute atomic E-state index is 12.3. The summed E-state index contributed by atoms with van der Waals surface area (Å²) in [5.41, 5.74) is -0.0705. The summed E-state index contributed by atoms with van der Waals surface area (Å²) < 4.78 is 70.2. The number of carbonyl (C=O) groups is 2. The number of hydrogen-bond acceptors (Lipinski definition) is 16. The summed E-state index contributed by atoms with van der Waals surface area (Å²) in [6.45, 7) is 19.2. The van der Waals surface area contributed by atoms with E-state index < -0.39 is 45.5 Å². The number of aromatic nitrogens is 2. The Bertz CT molecular complexity index is 1430. The summed E-state index contributed by atoms with van der Waals surface area (Å²) in [6.07, 6.45) is 1.57. The number of aliphatic hydroxyl groups is 1. The summed E-state index contributed by atoms with van der Waals surface area (Å²) in [4.78, 5) is 32.4. The second kappa shape index (κ2) is 25.6. The molecule has 2 unspecified atom stereocenters. The van der Waals surface area contributed by atoms with Crippen LogP contribution >= 0.6 is 0 Å². The number of carbonyl (C=O) groups excluding carboxylic acids is 2. The van der Waals surface area contributed by atoms with Crippen molar-refractivity contribution in [1.82, 2.24) is 9.97 Å². The van der Waals surface area contributed by atoms with Gasteiger partial charge in [-0.1, -0.05) is 12.1 Å². The number of rotatable bonds is 24. The van der Waals surface area contributed by atoms with Gasteiger partial charge in [0.15, 0.2) is 12.2 Å². The lowest BCUT2D eigenvalue weighted by molar-refractivity contribution is -0.165. The molecule has 2 heterocycles. The smallest absolute Gasteiger partial charge is 0.337 e. The molecule has 0 radical (unpaired) electrons. The van der Waals surface area contributed by atoms with E-state index in [9.17, 15) is 23.1 Å². The highest BCUT2D eigenvalue weighted by Crippen LogP contribution is 2.17. The molecule has 0 amide bonds. The Kier molecular flexibility index (Phi) is 23.0. The van der Waals surface area contributed by atoms with E-state index in [0.29, 0.717) is 83.4 Å². The van der Waals surface area contributed by atoms with Crippen molar-refractivity contribution in [3.05, 3.63) is 47.8 Å². The first-order chi connectivity index (χ1) is 25.3. The first-order valence-corrected chi connectivity index (χ1v) is 19.6. The lowest BCUT2D eigenvalue weighted by Gasteiger charge is -2.23. The van der Waals surface area contributed by atoms with Crippen LogP contribution in [0.5, 0.6) is 11.8 Å². The van der Waals surface area contributed by atoms with Crippen LogP contribution in [0.1, 0.15) is 66.5 Å². The first-order valence-electron chi connectivity index (χ1n) is 17.8. The molecule has 2 atom stereocenters. The van der Waals surface area contributed by atoms with Gasteiger partial charge in [-0.25, -0.2) is 19.6 Å². The van der Waals surface area contributed by atoms with Gasteiger partial charge in [0, 0.05) is 50.6 Å². The van der Waals surface area contributed by atoms with Crippen molar-refractivity contribution < 1.29 is 65.2 Å². The molecule has 16 nitrogen and oxygen atoms in total. The van der Waals surface area contributed by atoms with Crippen molar-refractivity contribution in [2.75, 3.05) is 72.3 Å². The van der Waals surface area contributed by atoms with Crippen LogP contribution in [-0.2, 0) is 65.2 Å². The maximum Gasteiger partial charge on any atom is 0.337 e. The molecule has 0 spiro atoms. The number of aliphatic hydroxyl groups excluding tert-OH is 1. The highest BCUT2D eigenvalue weighted by atomic mass is 32.2. The Morgan fingerprint density at radius 2 is 1.06 bits per heavy atom. The van der Waals surface area contributed by atoms with Gasteiger partial charge < -0.3 is 43.0 Å². The van der Waals surface area contributed by atoms with Crippen molar-refractivity contribution in [3.8, 4) is 11.8 Å². The van der Waals surface area contributed by atoms with E-state index in [-0.39, 0.29) is 12.8 Å². The van der Waals surface area contributed by atoms with Crippen LogP contribution in [0.15, 0.2) is 36.7 Å². The molecule has 0 aliphatic rings. The molecule has 0 bridgehead atoms. The summed E-state index contributed by atoms with van der Waals surface area (Å²) in [5.74, 6) is -0.548. The van der Waals surface area contributed by atoms with Crippen molar-refractivity contribution in [1.29, 1.82) is 0 Å². The molecule has 2 aromatic rings. The van der Waals surface area contributed by atoms with Gasteiger partial charge in [-0.3, -0.25) is 4.18 Å². The summed E-state index contributed by atoms with van der Waals surface area (Å²) in [5, 5.41) is 9.91. The average Bonchev–Trinajstić information content (AvgIpc) is 3.07. The van der Waals surface area contributed by atoms with E-state index in [1.54, 1.807) is 72.0 Å². The highest BCUT2D eigenvalue weighted by Gasteiger charge is 2.29. The van der Waals surface area contributed by atoms with Crippen LogP contribution in [0.4, 0.5) is 0 Å². The third-order valence-corrected chi connectivity index (χ3v) is 6.77. The fourth-order valence-corrected chi connectivity index (χ4v) is 4.57. The molecule has 54 heavy (non-hydrogen) atoms. The van der Waals surface area contributed by atoms with Crippen LogP contribution in [0.2, 0.25) is 0 Å². The number of pyridine rings is 2. The van der Waals surface area contributed by atoms with Crippen molar-refractivity contribution in [2.24, 2.45) is 0 Å². The molecular formula is C37H60N2O14S. The lowest BCUT2D eigenvalue weighted by Crippen LogP contribution is -2.36. The number of hydrogen-bond donors (Lipinski definition) is 1. The van der Waals surface area contributed by atoms with Crippen molar-refractivity contribution in [2.45, 2.75) is 91.6 Å². The molecule has 2 rings (SSSR count). The minimum absolute atomic E-state index is 0.00416. The number of nitrogens with zero attached hydrogens (tertiary/aromatic N) is 2. The van der Waals surface area contributed by atoms with Crippen LogP contribution in [0.3, 0.4) is 0 Å². The van der Waals surface area contributed by atoms with E-state index in [2.05, 4.69) is 9.97 Å². The zero-order chi connectivity index (χ0) is 40.6. The SMILES string of the molecule is CCOCCOCCOc1ccc(CC(O)C(=O)OC(C)(C)C)cn1.CCOCCOCCOc1ccc(CC(OS(C)(=O)=O)C(=O)OC(C)(C)C)cn1. The Hall–Kier alpha value is -3.45. The van der Waals surface area contributed by atoms with Gasteiger partial charge >= 0.3 is 11.9 Å². The predicted octanol–water partition coefficient (Wildman–Crippen LogP) is 3.50. The lowest BCUT2D eigenvalue weighted by atomic mass is 10.1. The Labute approximate surface area is 320 Å². The molecule has 0 saturated carbocycles. The second-order valence-electron chi connectivity index (χ2n) is 13.6. The van der Waals surface area contributed by atoms with Crippen LogP contribution < -0.4 is 9.47 Å². The average molecular weight is 789 g/mol. The fraction of sp³-hybridized carbons (Fsp3) is 0.676. The van der Waals surface area contributed by atoms with Gasteiger partial charge in [0.25, 0.3) is 10.1 Å². The standard InChI is InChI=1S/C19H31NO8S.C18H29NO6/c1-6-24-9-10-25-11-12-26-17-8-7-15(14-20-17)13-16(28-29(5,22)23)18(21)27-19(2,3)4;1-5-22-8-9-23-10-11-24-16-7-6-14(13-19-16)12-15(20)17(21)25-18(2,3)4/h7-8,14,16H,6,9-13H2,1-5H3;6-7,13,15,20H,5,8-12H2,1-4H3. The van der Waals surface area contributed by atoms with Gasteiger partial charge in [-0.2, -0.15) is 8.42 Å². The number of ether oxygens (including phenoxy) is 8. The number of esters is 2. The van der Waals surface area contributed by atoms with Gasteiger partial charge in [0.2, 0.25) is 11.8 Å². The second-order valence-corrected chi connectivity index (χ2v) is 15.2. The van der Waals surface area contributed by atoms with Crippen LogP contribution in [-0.4, -0.2) is 131 Å². The fourth-order valence-electron chi connectivity index (χ4n) is 4.00. The third-order valence-electron chi connectivity index (χ3n) is 6.19. The van der Waals surface area contributed by atoms with Crippen molar-refractivity contribution >= 4 is 22.1 Å².